The van der Waals surface area contributed by atoms with E-state index in [0.717, 1.165) is 6.07 Å². The molecule has 2 aromatic carbocycles. The van der Waals surface area contributed by atoms with Gasteiger partial charge in [0.2, 0.25) is 17.4 Å². The van der Waals surface area contributed by atoms with E-state index in [4.69, 9.17) is 4.42 Å². The molecule has 1 N–H and O–H groups in total. The molecule has 12 heteroatoms. The van der Waals surface area contributed by atoms with Crippen molar-refractivity contribution in [3.63, 3.8) is 0 Å². The van der Waals surface area contributed by atoms with Gasteiger partial charge < -0.3 is 19.3 Å². The van der Waals surface area contributed by atoms with E-state index in [-0.39, 0.29) is 17.9 Å². The number of alkyl halides is 3. The molecule has 1 aliphatic heterocycles. The van der Waals surface area contributed by atoms with Crippen LogP contribution in [0.4, 0.5) is 23.4 Å². The highest BCUT2D eigenvalue weighted by Crippen LogP contribution is 2.35. The standard InChI is InChI=1S/C31H28F4N4O4/c1-19-8-10-22(17-23(19)32)26(41)30(42)39-13-5-12-38(14-15-39)25-11-9-20(18-36-25)16-24(40)27-28(31(33,34)35)37-29(43-27)21-6-3-2-4-7-21/h2-4,6-11,17-18,26,41H,5,12-16H2,1H3/t26-/m1/s1. The molecule has 1 saturated heterocycles. The van der Waals surface area contributed by atoms with E-state index in [9.17, 15) is 32.3 Å². The van der Waals surface area contributed by atoms with Crippen LogP contribution in [0.1, 0.15) is 45.5 Å². The smallest absolute Gasteiger partial charge is 0.432 e. The molecule has 1 aliphatic rings. The SMILES string of the molecule is Cc1ccc([C@@H](O)C(=O)N2CCCN(c3ccc(CC(=O)c4oc(-c5ccccc5)nc4C(F)(F)F)cn3)CC2)cc1F. The summed E-state index contributed by atoms with van der Waals surface area (Å²) in [5.74, 6) is -2.49. The summed E-state index contributed by atoms with van der Waals surface area (Å²) in [7, 11) is 0. The number of amides is 1. The van der Waals surface area contributed by atoms with E-state index in [2.05, 4.69) is 9.97 Å². The number of ketones is 1. The van der Waals surface area contributed by atoms with Gasteiger partial charge in [-0.2, -0.15) is 13.2 Å². The maximum atomic E-state index is 13.9. The zero-order chi connectivity index (χ0) is 30.7. The van der Waals surface area contributed by atoms with Gasteiger partial charge in [-0.05, 0) is 54.3 Å². The average molecular weight is 597 g/mol. The van der Waals surface area contributed by atoms with Gasteiger partial charge in [0.25, 0.3) is 5.91 Å². The van der Waals surface area contributed by atoms with Gasteiger partial charge in [0, 0.05) is 44.4 Å². The number of carbonyl (C=O) groups excluding carboxylic acids is 2. The molecule has 43 heavy (non-hydrogen) atoms. The second kappa shape index (κ2) is 12.3. The Bertz CT molecular complexity index is 1610. The summed E-state index contributed by atoms with van der Waals surface area (Å²) < 4.78 is 60.2. The van der Waals surface area contributed by atoms with Gasteiger partial charge in [-0.1, -0.05) is 36.4 Å². The van der Waals surface area contributed by atoms with Crippen LogP contribution in [0.5, 0.6) is 0 Å². The molecule has 1 atom stereocenters. The first-order chi connectivity index (χ1) is 20.5. The Morgan fingerprint density at radius 2 is 1.79 bits per heavy atom. The minimum Gasteiger partial charge on any atom is -0.432 e. The second-order valence-corrected chi connectivity index (χ2v) is 10.3. The number of pyridine rings is 1. The van der Waals surface area contributed by atoms with E-state index >= 15 is 0 Å². The van der Waals surface area contributed by atoms with Crippen LogP contribution in [0.3, 0.4) is 0 Å². The van der Waals surface area contributed by atoms with E-state index in [1.54, 1.807) is 37.3 Å². The number of nitrogens with zero attached hydrogens (tertiary/aromatic N) is 4. The average Bonchev–Trinajstić information content (AvgIpc) is 3.32. The molecule has 5 rings (SSSR count). The third-order valence-electron chi connectivity index (χ3n) is 7.22. The first-order valence-corrected chi connectivity index (χ1v) is 13.6. The highest BCUT2D eigenvalue weighted by Gasteiger charge is 2.41. The van der Waals surface area contributed by atoms with E-state index in [1.165, 1.54) is 35.4 Å². The van der Waals surface area contributed by atoms with Gasteiger partial charge in [0.15, 0.2) is 11.8 Å². The molecule has 4 aromatic rings. The number of hydrogen-bond acceptors (Lipinski definition) is 7. The van der Waals surface area contributed by atoms with Crippen LogP contribution in [0, 0.1) is 12.7 Å². The molecule has 0 radical (unpaired) electrons. The van der Waals surface area contributed by atoms with Crippen LogP contribution >= 0.6 is 0 Å². The summed E-state index contributed by atoms with van der Waals surface area (Å²) in [5, 5.41) is 10.6. The van der Waals surface area contributed by atoms with Crippen molar-refractivity contribution in [1.82, 2.24) is 14.9 Å². The topological polar surface area (TPSA) is 99.8 Å². The molecular weight excluding hydrogens is 568 g/mol. The molecule has 0 saturated carbocycles. The Kier molecular flexibility index (Phi) is 8.58. The van der Waals surface area contributed by atoms with E-state index < -0.39 is 41.2 Å². The Morgan fingerprint density at radius 1 is 1.02 bits per heavy atom. The predicted molar refractivity (Wildman–Crippen MR) is 149 cm³/mol. The molecule has 3 heterocycles. The highest BCUT2D eigenvalue weighted by molar-refractivity contribution is 5.96. The number of oxazole rings is 1. The van der Waals surface area contributed by atoms with Crippen molar-refractivity contribution < 1.29 is 36.7 Å². The number of anilines is 1. The van der Waals surface area contributed by atoms with Gasteiger partial charge in [0.05, 0.1) is 0 Å². The van der Waals surface area contributed by atoms with Gasteiger partial charge in [-0.3, -0.25) is 9.59 Å². The fourth-order valence-electron chi connectivity index (χ4n) is 4.84. The molecule has 224 valence electrons. The Labute approximate surface area is 244 Å². The van der Waals surface area contributed by atoms with Gasteiger partial charge in [-0.25, -0.2) is 14.4 Å². The van der Waals surface area contributed by atoms with Crippen molar-refractivity contribution in [3.05, 3.63) is 101 Å². The lowest BCUT2D eigenvalue weighted by Crippen LogP contribution is -2.38. The summed E-state index contributed by atoms with van der Waals surface area (Å²) in [5.41, 5.74) is -0.0703. The number of aryl methyl sites for hydroxylation is 1. The second-order valence-electron chi connectivity index (χ2n) is 10.3. The van der Waals surface area contributed by atoms with Crippen molar-refractivity contribution in [2.24, 2.45) is 0 Å². The quantitative estimate of drug-likeness (QED) is 0.225. The summed E-state index contributed by atoms with van der Waals surface area (Å²) in [6.07, 6.45) is -4.74. The van der Waals surface area contributed by atoms with Crippen molar-refractivity contribution in [2.75, 3.05) is 31.1 Å². The number of aliphatic hydroxyl groups is 1. The van der Waals surface area contributed by atoms with Crippen LogP contribution in [0.2, 0.25) is 0 Å². The maximum absolute atomic E-state index is 13.9. The molecular formula is C31H28F4N4O4. The van der Waals surface area contributed by atoms with Gasteiger partial charge >= 0.3 is 6.18 Å². The molecule has 0 spiro atoms. The fraction of sp³-hybridized carbons (Fsp3) is 0.290. The lowest BCUT2D eigenvalue weighted by atomic mass is 10.1. The zero-order valence-electron chi connectivity index (χ0n) is 23.1. The molecule has 0 unspecified atom stereocenters. The number of aliphatic hydroxyl groups excluding tert-OH is 1. The van der Waals surface area contributed by atoms with Crippen molar-refractivity contribution in [1.29, 1.82) is 0 Å². The van der Waals surface area contributed by atoms with Crippen LogP contribution in [-0.4, -0.2) is 57.8 Å². The number of aromatic nitrogens is 2. The van der Waals surface area contributed by atoms with E-state index in [1.807, 2.05) is 4.90 Å². The van der Waals surface area contributed by atoms with Gasteiger partial charge in [0.1, 0.15) is 11.6 Å². The van der Waals surface area contributed by atoms with Crippen LogP contribution in [0.15, 0.2) is 71.3 Å². The summed E-state index contributed by atoms with van der Waals surface area (Å²) in [4.78, 5) is 37.2. The lowest BCUT2D eigenvalue weighted by molar-refractivity contribution is -0.141. The molecule has 0 aliphatic carbocycles. The summed E-state index contributed by atoms with van der Waals surface area (Å²) >= 11 is 0. The van der Waals surface area contributed by atoms with Crippen molar-refractivity contribution >= 4 is 17.5 Å². The van der Waals surface area contributed by atoms with Gasteiger partial charge in [-0.15, -0.1) is 0 Å². The molecule has 1 fully saturated rings. The number of rotatable bonds is 7. The zero-order valence-corrected chi connectivity index (χ0v) is 23.1. The van der Waals surface area contributed by atoms with E-state index in [0.29, 0.717) is 55.1 Å². The number of Topliss-reactive ketones (excluding diaryl/α,β-unsaturated/α-hetero) is 1. The molecule has 2 aromatic heterocycles. The Morgan fingerprint density at radius 3 is 2.47 bits per heavy atom. The Hall–Kier alpha value is -4.58. The number of carbonyl (C=O) groups is 2. The van der Waals surface area contributed by atoms with Crippen LogP contribution in [-0.2, 0) is 17.4 Å². The predicted octanol–water partition coefficient (Wildman–Crippen LogP) is 5.40. The molecule has 0 bridgehead atoms. The first kappa shape index (κ1) is 29.9. The normalized spacial score (nSPS) is 14.8. The fourth-order valence-corrected chi connectivity index (χ4v) is 4.84. The Balaban J connectivity index is 1.23. The third-order valence-corrected chi connectivity index (χ3v) is 7.22. The minimum atomic E-state index is -4.88. The lowest BCUT2D eigenvalue weighted by Gasteiger charge is -2.25. The maximum Gasteiger partial charge on any atom is 0.437 e. The molecule has 1 amide bonds. The largest absolute Gasteiger partial charge is 0.437 e. The minimum absolute atomic E-state index is 0.185. The summed E-state index contributed by atoms with van der Waals surface area (Å²) in [6, 6.07) is 15.5. The monoisotopic (exact) mass is 596 g/mol. The third kappa shape index (κ3) is 6.75. The number of halogens is 4. The van der Waals surface area contributed by atoms with Crippen LogP contribution < -0.4 is 4.90 Å². The van der Waals surface area contributed by atoms with Crippen molar-refractivity contribution in [2.45, 2.75) is 32.0 Å². The first-order valence-electron chi connectivity index (χ1n) is 13.6. The highest BCUT2D eigenvalue weighted by atomic mass is 19.4. The number of hydrogen-bond donors (Lipinski definition) is 1. The number of benzene rings is 2. The molecule has 8 nitrogen and oxygen atoms in total. The van der Waals surface area contributed by atoms with Crippen LogP contribution in [0.25, 0.3) is 11.5 Å². The summed E-state index contributed by atoms with van der Waals surface area (Å²) in [6.45, 7) is 3.23. The van der Waals surface area contributed by atoms with Crippen molar-refractivity contribution in [3.8, 4) is 11.5 Å².